The molecule has 1 saturated heterocycles. The highest BCUT2D eigenvalue weighted by atomic mass is 35.5. The SMILES string of the molecule is C[C@H]1[C@H](NCc2ccc(F)cc2)CCN1c1ccc(C#N)c(Cl)c1.Cl. The fourth-order valence-corrected chi connectivity index (χ4v) is 3.42. The summed E-state index contributed by atoms with van der Waals surface area (Å²) in [5.41, 5.74) is 2.61. The molecule has 1 heterocycles. The lowest BCUT2D eigenvalue weighted by molar-refractivity contribution is 0.487. The Labute approximate surface area is 158 Å². The van der Waals surface area contributed by atoms with Crippen molar-refractivity contribution in [2.24, 2.45) is 0 Å². The first-order valence-corrected chi connectivity index (χ1v) is 8.40. The number of nitriles is 1. The molecule has 1 fully saturated rings. The highest BCUT2D eigenvalue weighted by Gasteiger charge is 2.30. The van der Waals surface area contributed by atoms with Crippen molar-refractivity contribution >= 4 is 29.7 Å². The van der Waals surface area contributed by atoms with E-state index in [0.29, 0.717) is 22.7 Å². The van der Waals surface area contributed by atoms with Crippen LogP contribution >= 0.6 is 24.0 Å². The lowest BCUT2D eigenvalue weighted by Crippen LogP contribution is -2.40. The molecule has 132 valence electrons. The van der Waals surface area contributed by atoms with Crippen molar-refractivity contribution in [1.29, 1.82) is 5.26 Å². The number of benzene rings is 2. The molecule has 0 spiro atoms. The van der Waals surface area contributed by atoms with Gasteiger partial charge in [0.05, 0.1) is 10.6 Å². The van der Waals surface area contributed by atoms with Gasteiger partial charge in [-0.25, -0.2) is 4.39 Å². The Balaban J connectivity index is 0.00000225. The van der Waals surface area contributed by atoms with Crippen LogP contribution in [0.3, 0.4) is 0 Å². The van der Waals surface area contributed by atoms with E-state index in [2.05, 4.69) is 23.2 Å². The van der Waals surface area contributed by atoms with Crippen LogP contribution in [0.5, 0.6) is 0 Å². The summed E-state index contributed by atoms with van der Waals surface area (Å²) < 4.78 is 13.0. The van der Waals surface area contributed by atoms with Crippen LogP contribution in [0.15, 0.2) is 42.5 Å². The molecule has 3 rings (SSSR count). The summed E-state index contributed by atoms with van der Waals surface area (Å²) in [6.45, 7) is 3.84. The molecule has 0 radical (unpaired) electrons. The van der Waals surface area contributed by atoms with Crippen molar-refractivity contribution in [3.63, 3.8) is 0 Å². The Morgan fingerprint density at radius 3 is 2.64 bits per heavy atom. The fourth-order valence-electron chi connectivity index (χ4n) is 3.20. The molecule has 0 unspecified atom stereocenters. The van der Waals surface area contributed by atoms with E-state index >= 15 is 0 Å². The van der Waals surface area contributed by atoms with Gasteiger partial charge in [-0.15, -0.1) is 12.4 Å². The van der Waals surface area contributed by atoms with Gasteiger partial charge < -0.3 is 10.2 Å². The third-order valence-corrected chi connectivity index (χ3v) is 4.95. The fraction of sp³-hybridized carbons (Fsp3) is 0.316. The van der Waals surface area contributed by atoms with Crippen LogP contribution in [0.4, 0.5) is 10.1 Å². The largest absolute Gasteiger partial charge is 0.367 e. The van der Waals surface area contributed by atoms with E-state index < -0.39 is 0 Å². The number of nitrogens with one attached hydrogen (secondary N) is 1. The Kier molecular flexibility index (Phi) is 6.66. The molecular formula is C19H20Cl2FN3. The van der Waals surface area contributed by atoms with Crippen molar-refractivity contribution < 1.29 is 4.39 Å². The van der Waals surface area contributed by atoms with Crippen LogP contribution in [-0.4, -0.2) is 18.6 Å². The third-order valence-electron chi connectivity index (χ3n) is 4.64. The van der Waals surface area contributed by atoms with E-state index in [4.69, 9.17) is 16.9 Å². The zero-order valence-electron chi connectivity index (χ0n) is 13.9. The lowest BCUT2D eigenvalue weighted by Gasteiger charge is -2.27. The van der Waals surface area contributed by atoms with Gasteiger partial charge in [0.25, 0.3) is 0 Å². The first-order valence-electron chi connectivity index (χ1n) is 8.02. The third kappa shape index (κ3) is 4.43. The molecule has 2 aromatic carbocycles. The normalized spacial score (nSPS) is 19.4. The molecule has 6 heteroatoms. The molecule has 1 aliphatic heterocycles. The van der Waals surface area contributed by atoms with Crippen LogP contribution in [0, 0.1) is 17.1 Å². The minimum Gasteiger partial charge on any atom is -0.367 e. The van der Waals surface area contributed by atoms with Gasteiger partial charge in [-0.1, -0.05) is 23.7 Å². The highest BCUT2D eigenvalue weighted by molar-refractivity contribution is 6.32. The summed E-state index contributed by atoms with van der Waals surface area (Å²) in [4.78, 5) is 2.30. The average Bonchev–Trinajstić information content (AvgIpc) is 2.95. The second-order valence-electron chi connectivity index (χ2n) is 6.11. The van der Waals surface area contributed by atoms with Crippen LogP contribution in [0.1, 0.15) is 24.5 Å². The predicted molar refractivity (Wildman–Crippen MR) is 102 cm³/mol. The number of hydrogen-bond acceptors (Lipinski definition) is 3. The van der Waals surface area contributed by atoms with Gasteiger partial charge in [-0.3, -0.25) is 0 Å². The summed E-state index contributed by atoms with van der Waals surface area (Å²) in [5, 5.41) is 13.0. The molecule has 1 aliphatic rings. The van der Waals surface area contributed by atoms with E-state index in [9.17, 15) is 4.39 Å². The maximum atomic E-state index is 13.0. The lowest BCUT2D eigenvalue weighted by atomic mass is 10.1. The number of nitrogens with zero attached hydrogens (tertiary/aromatic N) is 2. The predicted octanol–water partition coefficient (Wildman–Crippen LogP) is 4.53. The van der Waals surface area contributed by atoms with Gasteiger partial charge in [-0.05, 0) is 49.2 Å². The summed E-state index contributed by atoms with van der Waals surface area (Å²) in [5.74, 6) is -0.211. The maximum Gasteiger partial charge on any atom is 0.123 e. The molecule has 0 aromatic heterocycles. The molecule has 0 saturated carbocycles. The molecular weight excluding hydrogens is 360 g/mol. The maximum absolute atomic E-state index is 13.0. The van der Waals surface area contributed by atoms with Crippen molar-refractivity contribution in [3.8, 4) is 6.07 Å². The minimum atomic E-state index is -0.211. The van der Waals surface area contributed by atoms with Gasteiger partial charge in [0.15, 0.2) is 0 Å². The molecule has 0 aliphatic carbocycles. The Bertz CT molecular complexity index is 758. The Morgan fingerprint density at radius 1 is 1.28 bits per heavy atom. The minimum absolute atomic E-state index is 0. The van der Waals surface area contributed by atoms with Crippen molar-refractivity contribution in [2.45, 2.75) is 32.0 Å². The summed E-state index contributed by atoms with van der Waals surface area (Å²) in [6.07, 6.45) is 1.03. The quantitative estimate of drug-likeness (QED) is 0.847. The first-order chi connectivity index (χ1) is 11.6. The zero-order chi connectivity index (χ0) is 17.1. The van der Waals surface area contributed by atoms with Crippen LogP contribution in [0.2, 0.25) is 5.02 Å². The Hall–Kier alpha value is -1.80. The number of anilines is 1. The topological polar surface area (TPSA) is 39.1 Å². The first kappa shape index (κ1) is 19.5. The van der Waals surface area contributed by atoms with Crippen LogP contribution < -0.4 is 10.2 Å². The highest BCUT2D eigenvalue weighted by Crippen LogP contribution is 2.29. The van der Waals surface area contributed by atoms with Gasteiger partial charge >= 0.3 is 0 Å². The molecule has 25 heavy (non-hydrogen) atoms. The number of rotatable bonds is 4. The molecule has 0 amide bonds. The number of halogens is 3. The van der Waals surface area contributed by atoms with Gasteiger partial charge in [0.2, 0.25) is 0 Å². The second kappa shape index (κ2) is 8.53. The van der Waals surface area contributed by atoms with Gasteiger partial charge in [0, 0.05) is 30.9 Å². The monoisotopic (exact) mass is 379 g/mol. The number of hydrogen-bond donors (Lipinski definition) is 1. The molecule has 0 bridgehead atoms. The van der Waals surface area contributed by atoms with E-state index in [1.165, 1.54) is 12.1 Å². The van der Waals surface area contributed by atoms with Gasteiger partial charge in [0.1, 0.15) is 11.9 Å². The summed E-state index contributed by atoms with van der Waals surface area (Å²) in [7, 11) is 0. The van der Waals surface area contributed by atoms with Crippen molar-refractivity contribution in [2.75, 3.05) is 11.4 Å². The summed E-state index contributed by atoms with van der Waals surface area (Å²) >= 11 is 6.15. The second-order valence-corrected chi connectivity index (χ2v) is 6.52. The van der Waals surface area contributed by atoms with Gasteiger partial charge in [-0.2, -0.15) is 5.26 Å². The molecule has 2 atom stereocenters. The average molecular weight is 380 g/mol. The van der Waals surface area contributed by atoms with E-state index in [1.54, 1.807) is 18.2 Å². The van der Waals surface area contributed by atoms with E-state index in [-0.39, 0.29) is 18.2 Å². The zero-order valence-corrected chi connectivity index (χ0v) is 15.4. The summed E-state index contributed by atoms with van der Waals surface area (Å²) in [6, 6.07) is 14.9. The molecule has 1 N–H and O–H groups in total. The van der Waals surface area contributed by atoms with Crippen molar-refractivity contribution in [1.82, 2.24) is 5.32 Å². The van der Waals surface area contributed by atoms with E-state index in [0.717, 1.165) is 30.8 Å². The van der Waals surface area contributed by atoms with Crippen LogP contribution in [-0.2, 0) is 6.54 Å². The molecule has 2 aromatic rings. The van der Waals surface area contributed by atoms with Crippen molar-refractivity contribution in [3.05, 3.63) is 64.4 Å². The van der Waals surface area contributed by atoms with E-state index in [1.807, 2.05) is 12.1 Å². The smallest absolute Gasteiger partial charge is 0.123 e. The standard InChI is InChI=1S/C19H19ClFN3.ClH/c1-13-19(23-12-14-2-5-16(21)6-3-14)8-9-24(13)17-7-4-15(11-22)18(20)10-17;/h2-7,10,13,19,23H,8-9,12H2,1H3;1H/t13-,19+;/m0./s1. The molecule has 3 nitrogen and oxygen atoms in total. The van der Waals surface area contributed by atoms with Crippen LogP contribution in [0.25, 0.3) is 0 Å². The Morgan fingerprint density at radius 2 is 2.00 bits per heavy atom.